The van der Waals surface area contributed by atoms with E-state index in [-0.39, 0.29) is 6.61 Å². The Labute approximate surface area is 137 Å². The summed E-state index contributed by atoms with van der Waals surface area (Å²) in [6, 6.07) is 12.3. The summed E-state index contributed by atoms with van der Waals surface area (Å²) < 4.78 is 9.75. The Morgan fingerprint density at radius 2 is 1.74 bits per heavy atom. The number of benzene rings is 2. The van der Waals surface area contributed by atoms with Gasteiger partial charge in [-0.15, -0.1) is 4.33 Å². The fourth-order valence-corrected chi connectivity index (χ4v) is 2.27. The molecule has 0 saturated heterocycles. The first-order chi connectivity index (χ1) is 11.3. The van der Waals surface area contributed by atoms with Crippen molar-refractivity contribution in [1.82, 2.24) is 0 Å². The van der Waals surface area contributed by atoms with Crippen molar-refractivity contribution in [2.45, 2.75) is 18.4 Å². The van der Waals surface area contributed by atoms with E-state index in [1.807, 2.05) is 19.1 Å². The summed E-state index contributed by atoms with van der Waals surface area (Å²) in [7, 11) is 0. The van der Waals surface area contributed by atoms with Crippen LogP contribution < -0.4 is 4.74 Å². The number of hydrogen-bond acceptors (Lipinski definition) is 8. The Morgan fingerprint density at radius 1 is 1.04 bits per heavy atom. The van der Waals surface area contributed by atoms with Crippen molar-refractivity contribution in [1.29, 1.82) is 0 Å². The largest absolute Gasteiger partial charge is 0.494 e. The third-order valence-electron chi connectivity index (χ3n) is 2.80. The highest BCUT2D eigenvalue weighted by atomic mass is 32.2. The smallest absolute Gasteiger partial charge is 0.119 e. The zero-order valence-electron chi connectivity index (χ0n) is 12.4. The summed E-state index contributed by atoms with van der Waals surface area (Å²) >= 11 is 0.764. The van der Waals surface area contributed by atoms with Gasteiger partial charge in [0.2, 0.25) is 0 Å². The van der Waals surface area contributed by atoms with Crippen LogP contribution in [-0.4, -0.2) is 17.0 Å². The van der Waals surface area contributed by atoms with Gasteiger partial charge in [-0.05, 0) is 48.9 Å². The number of rotatable bonds is 8. The molecule has 0 radical (unpaired) electrons. The molecule has 0 unspecified atom stereocenters. The average Bonchev–Trinajstić information content (AvgIpc) is 2.59. The van der Waals surface area contributed by atoms with Crippen LogP contribution in [0.4, 0.5) is 11.4 Å². The lowest BCUT2D eigenvalue weighted by Crippen LogP contribution is -1.89. The zero-order chi connectivity index (χ0) is 16.5. The molecule has 0 aromatic heterocycles. The molecule has 23 heavy (non-hydrogen) atoms. The van der Waals surface area contributed by atoms with Gasteiger partial charge in [-0.25, -0.2) is 5.26 Å². The Morgan fingerprint density at radius 3 is 2.39 bits per heavy atom. The fourth-order valence-electron chi connectivity index (χ4n) is 1.76. The highest BCUT2D eigenvalue weighted by Crippen LogP contribution is 2.29. The molecule has 122 valence electrons. The van der Waals surface area contributed by atoms with Crippen molar-refractivity contribution >= 4 is 23.4 Å². The van der Waals surface area contributed by atoms with Crippen LogP contribution in [0, 0.1) is 0 Å². The van der Waals surface area contributed by atoms with Crippen LogP contribution in [0.5, 0.6) is 5.75 Å². The van der Waals surface area contributed by atoms with Gasteiger partial charge in [0, 0.05) is 4.90 Å². The van der Waals surface area contributed by atoms with E-state index >= 15 is 0 Å². The van der Waals surface area contributed by atoms with Crippen molar-refractivity contribution in [3.05, 3.63) is 48.0 Å². The Bertz CT molecular complexity index is 649. The number of azo groups is 1. The summed E-state index contributed by atoms with van der Waals surface area (Å²) in [6.45, 7) is 2.36. The molecule has 0 aliphatic rings. The van der Waals surface area contributed by atoms with Crippen molar-refractivity contribution in [3.8, 4) is 5.75 Å². The highest BCUT2D eigenvalue weighted by molar-refractivity contribution is 7.94. The summed E-state index contributed by atoms with van der Waals surface area (Å²) in [5.74, 6) is 0.776. The van der Waals surface area contributed by atoms with Gasteiger partial charge in [0.1, 0.15) is 5.75 Å². The molecule has 2 aromatic carbocycles. The number of aliphatic hydroxyl groups excluding tert-OH is 1. The van der Waals surface area contributed by atoms with Gasteiger partial charge in [0.15, 0.2) is 0 Å². The Balaban J connectivity index is 2.11. The summed E-state index contributed by atoms with van der Waals surface area (Å²) in [4.78, 5) is 0.560. The first kappa shape index (κ1) is 17.4. The molecular formula is C15H16N2O5S. The maximum absolute atomic E-state index is 9.25. The topological polar surface area (TPSA) is 92.9 Å². The lowest BCUT2D eigenvalue weighted by atomic mass is 10.2. The number of ether oxygens (including phenoxy) is 1. The molecule has 0 saturated carbocycles. The standard InChI is InChI=1S/C15H16N2O5S/c1-2-20-14-7-5-12(6-8-14)16-17-13-4-3-11(10-18)15(9-13)23-22-21-19/h3-9,18-19H,2,10H2,1H3. The van der Waals surface area contributed by atoms with Gasteiger partial charge in [0.05, 0.1) is 36.6 Å². The minimum absolute atomic E-state index is 0.173. The molecule has 0 fully saturated rings. The van der Waals surface area contributed by atoms with Gasteiger partial charge in [-0.2, -0.15) is 10.2 Å². The minimum atomic E-state index is -0.173. The second-order valence-electron chi connectivity index (χ2n) is 4.30. The van der Waals surface area contributed by atoms with E-state index < -0.39 is 0 Å². The molecule has 8 heteroatoms. The van der Waals surface area contributed by atoms with Gasteiger partial charge < -0.3 is 9.84 Å². The fraction of sp³-hybridized carbons (Fsp3) is 0.200. The van der Waals surface area contributed by atoms with Crippen LogP contribution in [0.2, 0.25) is 0 Å². The second-order valence-corrected chi connectivity index (χ2v) is 5.05. The Hall–Kier alpha value is -1.97. The SMILES string of the molecule is CCOc1ccc(N=Nc2ccc(CO)c(SOOO)c2)cc1. The predicted octanol–water partition coefficient (Wildman–Crippen LogP) is 4.42. The van der Waals surface area contributed by atoms with E-state index in [0.717, 1.165) is 17.8 Å². The maximum atomic E-state index is 9.25. The van der Waals surface area contributed by atoms with Crippen molar-refractivity contribution in [3.63, 3.8) is 0 Å². The molecule has 2 aromatic rings. The van der Waals surface area contributed by atoms with Gasteiger partial charge in [-0.3, -0.25) is 0 Å². The molecule has 2 rings (SSSR count). The third-order valence-corrected chi connectivity index (χ3v) is 3.49. The van der Waals surface area contributed by atoms with E-state index in [1.165, 1.54) is 0 Å². The lowest BCUT2D eigenvalue weighted by molar-refractivity contribution is -0.432. The monoisotopic (exact) mass is 336 g/mol. The van der Waals surface area contributed by atoms with Crippen molar-refractivity contribution in [2.24, 2.45) is 10.2 Å². The molecule has 0 spiro atoms. The van der Waals surface area contributed by atoms with Gasteiger partial charge >= 0.3 is 0 Å². The van der Waals surface area contributed by atoms with E-state index in [9.17, 15) is 5.11 Å². The maximum Gasteiger partial charge on any atom is 0.119 e. The lowest BCUT2D eigenvalue weighted by Gasteiger charge is -2.05. The van der Waals surface area contributed by atoms with Crippen molar-refractivity contribution in [2.75, 3.05) is 6.61 Å². The van der Waals surface area contributed by atoms with E-state index in [0.29, 0.717) is 28.4 Å². The summed E-state index contributed by atoms with van der Waals surface area (Å²) in [5, 5.41) is 29.3. The summed E-state index contributed by atoms with van der Waals surface area (Å²) in [5.41, 5.74) is 1.87. The molecule has 0 atom stereocenters. The molecule has 0 aliphatic heterocycles. The molecule has 0 bridgehead atoms. The normalized spacial score (nSPS) is 11.1. The predicted molar refractivity (Wildman–Crippen MR) is 84.8 cm³/mol. The van der Waals surface area contributed by atoms with Crippen LogP contribution >= 0.6 is 12.0 Å². The molecule has 0 amide bonds. The Kier molecular flexibility index (Phi) is 6.98. The van der Waals surface area contributed by atoms with Crippen molar-refractivity contribution < 1.29 is 24.5 Å². The molecule has 0 heterocycles. The summed E-state index contributed by atoms with van der Waals surface area (Å²) in [6.07, 6.45) is 0. The van der Waals surface area contributed by atoms with E-state index in [1.54, 1.807) is 30.3 Å². The average molecular weight is 336 g/mol. The van der Waals surface area contributed by atoms with Gasteiger partial charge in [0.25, 0.3) is 0 Å². The molecule has 0 aliphatic carbocycles. The first-order valence-electron chi connectivity index (χ1n) is 6.80. The third kappa shape index (κ3) is 5.31. The van der Waals surface area contributed by atoms with Crippen LogP contribution in [0.25, 0.3) is 0 Å². The molecule has 7 nitrogen and oxygen atoms in total. The van der Waals surface area contributed by atoms with Crippen LogP contribution in [-0.2, 0) is 16.0 Å². The van der Waals surface area contributed by atoms with Crippen LogP contribution in [0.1, 0.15) is 12.5 Å². The first-order valence-corrected chi connectivity index (χ1v) is 7.54. The van der Waals surface area contributed by atoms with Gasteiger partial charge in [-0.1, -0.05) is 11.1 Å². The highest BCUT2D eigenvalue weighted by Gasteiger charge is 2.06. The van der Waals surface area contributed by atoms with Crippen LogP contribution in [0.3, 0.4) is 0 Å². The number of nitrogens with zero attached hydrogens (tertiary/aromatic N) is 2. The second kappa shape index (κ2) is 9.23. The number of hydrogen-bond donors (Lipinski definition) is 2. The van der Waals surface area contributed by atoms with Crippen LogP contribution in [0.15, 0.2) is 57.6 Å². The number of aliphatic hydroxyl groups is 1. The van der Waals surface area contributed by atoms with E-state index in [4.69, 9.17) is 9.99 Å². The van der Waals surface area contributed by atoms with E-state index in [2.05, 4.69) is 19.6 Å². The quantitative estimate of drug-likeness (QED) is 0.321. The minimum Gasteiger partial charge on any atom is -0.494 e. The molecule has 2 N–H and O–H groups in total. The zero-order valence-corrected chi connectivity index (χ0v) is 13.2. The molecular weight excluding hydrogens is 320 g/mol.